The van der Waals surface area contributed by atoms with Crippen LogP contribution < -0.4 is 10.1 Å². The van der Waals surface area contributed by atoms with Gasteiger partial charge in [-0.15, -0.1) is 0 Å². The lowest BCUT2D eigenvalue weighted by Crippen LogP contribution is -2.38. The zero-order valence-electron chi connectivity index (χ0n) is 18.4. The van der Waals surface area contributed by atoms with Crippen molar-refractivity contribution < 1.29 is 27.5 Å². The molecule has 0 radical (unpaired) electrons. The maximum Gasteiger partial charge on any atom is 0.416 e. The average molecular weight is 468 g/mol. The number of nitrogens with one attached hydrogen (secondary N) is 1. The van der Waals surface area contributed by atoms with E-state index in [-0.39, 0.29) is 18.0 Å². The summed E-state index contributed by atoms with van der Waals surface area (Å²) in [7, 11) is 0. The third kappa shape index (κ3) is 5.22. The van der Waals surface area contributed by atoms with E-state index in [1.54, 1.807) is 23.1 Å². The summed E-state index contributed by atoms with van der Waals surface area (Å²) >= 11 is 0. The molecule has 2 amide bonds. The van der Waals surface area contributed by atoms with Crippen LogP contribution in [0.4, 0.5) is 18.9 Å². The van der Waals surface area contributed by atoms with Gasteiger partial charge in [0, 0.05) is 29.9 Å². The fourth-order valence-electron chi connectivity index (χ4n) is 3.82. The largest absolute Gasteiger partial charge is 0.480 e. The van der Waals surface area contributed by atoms with Crippen molar-refractivity contribution in [1.82, 2.24) is 4.90 Å². The molecule has 176 valence electrons. The van der Waals surface area contributed by atoms with Crippen LogP contribution in [0.25, 0.3) is 0 Å². The second kappa shape index (κ2) is 9.59. The molecule has 0 fully saturated rings. The molecule has 0 unspecified atom stereocenters. The fourth-order valence-corrected chi connectivity index (χ4v) is 3.82. The van der Waals surface area contributed by atoms with Gasteiger partial charge in [-0.3, -0.25) is 9.59 Å². The number of ether oxygens (including phenoxy) is 1. The van der Waals surface area contributed by atoms with E-state index in [2.05, 4.69) is 5.32 Å². The number of alkyl halides is 3. The number of halogens is 3. The number of nitrogens with zero attached hydrogens (tertiary/aromatic N) is 1. The van der Waals surface area contributed by atoms with Gasteiger partial charge in [0.05, 0.1) is 5.56 Å². The molecule has 3 aromatic carbocycles. The Hall–Kier alpha value is -3.81. The second-order valence-corrected chi connectivity index (χ2v) is 8.05. The summed E-state index contributed by atoms with van der Waals surface area (Å²) in [6.45, 7) is 2.55. The number of rotatable bonds is 5. The highest BCUT2D eigenvalue weighted by molar-refractivity contribution is 6.04. The number of hydrogen-bond acceptors (Lipinski definition) is 3. The van der Waals surface area contributed by atoms with Gasteiger partial charge in [0.15, 0.2) is 6.10 Å². The Kier molecular flexibility index (Phi) is 6.58. The van der Waals surface area contributed by atoms with Crippen LogP contribution in [-0.2, 0) is 24.1 Å². The molecule has 5 nitrogen and oxygen atoms in total. The number of fused-ring (bicyclic) bond motifs is 1. The van der Waals surface area contributed by atoms with Crippen molar-refractivity contribution in [3.05, 3.63) is 95.1 Å². The Morgan fingerprint density at radius 2 is 1.82 bits per heavy atom. The van der Waals surface area contributed by atoms with E-state index in [9.17, 15) is 22.8 Å². The molecule has 0 saturated heterocycles. The van der Waals surface area contributed by atoms with Gasteiger partial charge in [-0.05, 0) is 48.4 Å². The highest BCUT2D eigenvalue weighted by Crippen LogP contribution is 2.31. The molecule has 1 aliphatic rings. The van der Waals surface area contributed by atoms with Crippen molar-refractivity contribution in [3.63, 3.8) is 0 Å². The molecular formula is C26H23F3N2O3. The Bertz CT molecular complexity index is 1200. The molecule has 0 aromatic heterocycles. The zero-order valence-corrected chi connectivity index (χ0v) is 18.4. The minimum Gasteiger partial charge on any atom is -0.480 e. The lowest BCUT2D eigenvalue weighted by atomic mass is 10.1. The van der Waals surface area contributed by atoms with Crippen LogP contribution >= 0.6 is 0 Å². The lowest BCUT2D eigenvalue weighted by molar-refractivity contribution is -0.139. The molecular weight excluding hydrogens is 445 g/mol. The first-order valence-corrected chi connectivity index (χ1v) is 10.9. The van der Waals surface area contributed by atoms with Crippen LogP contribution in [0.3, 0.4) is 0 Å². The van der Waals surface area contributed by atoms with Crippen LogP contribution in [0, 0.1) is 0 Å². The SMILES string of the molecule is CC[C@@H]1Oc2ccc(NC(=O)c3cccc(C(F)(F)F)c3)cc2CN(Cc2ccccc2)C1=O. The summed E-state index contributed by atoms with van der Waals surface area (Å²) in [5.74, 6) is -0.255. The fraction of sp³-hybridized carbons (Fsp3) is 0.231. The molecule has 0 bridgehead atoms. The van der Waals surface area contributed by atoms with Crippen LogP contribution in [0.15, 0.2) is 72.8 Å². The number of anilines is 1. The Balaban J connectivity index is 1.58. The van der Waals surface area contributed by atoms with E-state index in [1.807, 2.05) is 37.3 Å². The predicted molar refractivity (Wildman–Crippen MR) is 121 cm³/mol. The van der Waals surface area contributed by atoms with Gasteiger partial charge < -0.3 is 15.0 Å². The third-order valence-electron chi connectivity index (χ3n) is 5.58. The quantitative estimate of drug-likeness (QED) is 0.526. The van der Waals surface area contributed by atoms with Gasteiger partial charge in [0.2, 0.25) is 0 Å². The maximum atomic E-state index is 13.0. The smallest absolute Gasteiger partial charge is 0.416 e. The molecule has 0 spiro atoms. The number of carbonyl (C=O) groups is 2. The first-order chi connectivity index (χ1) is 16.2. The molecule has 1 aliphatic heterocycles. The van der Waals surface area contributed by atoms with Crippen molar-refractivity contribution in [2.45, 2.75) is 38.7 Å². The Labute approximate surface area is 195 Å². The number of benzene rings is 3. The molecule has 0 aliphatic carbocycles. The highest BCUT2D eigenvalue weighted by atomic mass is 19.4. The number of carbonyl (C=O) groups excluding carboxylic acids is 2. The van der Waals surface area contributed by atoms with Gasteiger partial charge in [-0.25, -0.2) is 0 Å². The van der Waals surface area contributed by atoms with E-state index >= 15 is 0 Å². The molecule has 1 N–H and O–H groups in total. The molecule has 1 heterocycles. The van der Waals surface area contributed by atoms with Crippen LogP contribution in [0.2, 0.25) is 0 Å². The van der Waals surface area contributed by atoms with E-state index < -0.39 is 23.8 Å². The van der Waals surface area contributed by atoms with E-state index in [0.717, 1.165) is 17.7 Å². The van der Waals surface area contributed by atoms with Crippen molar-refractivity contribution in [1.29, 1.82) is 0 Å². The summed E-state index contributed by atoms with van der Waals surface area (Å²) in [4.78, 5) is 27.4. The van der Waals surface area contributed by atoms with Gasteiger partial charge >= 0.3 is 6.18 Å². The average Bonchev–Trinajstić information content (AvgIpc) is 2.95. The normalized spacial score (nSPS) is 15.8. The van der Waals surface area contributed by atoms with Gasteiger partial charge in [0.1, 0.15) is 5.75 Å². The summed E-state index contributed by atoms with van der Waals surface area (Å²) in [6, 6.07) is 18.8. The predicted octanol–water partition coefficient (Wildman–Crippen LogP) is 5.66. The number of hydrogen-bond donors (Lipinski definition) is 1. The van der Waals surface area contributed by atoms with Crippen LogP contribution in [-0.4, -0.2) is 22.8 Å². The van der Waals surface area contributed by atoms with Crippen molar-refractivity contribution >= 4 is 17.5 Å². The maximum absolute atomic E-state index is 13.0. The first kappa shape index (κ1) is 23.4. The molecule has 8 heteroatoms. The van der Waals surface area contributed by atoms with Crippen molar-refractivity contribution in [2.75, 3.05) is 5.32 Å². The lowest BCUT2D eigenvalue weighted by Gasteiger charge is -2.23. The third-order valence-corrected chi connectivity index (χ3v) is 5.58. The summed E-state index contributed by atoms with van der Waals surface area (Å²) in [5.41, 5.74) is 1.07. The topological polar surface area (TPSA) is 58.6 Å². The molecule has 34 heavy (non-hydrogen) atoms. The Morgan fingerprint density at radius 1 is 1.06 bits per heavy atom. The van der Waals surface area contributed by atoms with Crippen molar-refractivity contribution in [2.24, 2.45) is 0 Å². The second-order valence-electron chi connectivity index (χ2n) is 8.05. The first-order valence-electron chi connectivity index (χ1n) is 10.9. The molecule has 1 atom stereocenters. The van der Waals surface area contributed by atoms with Gasteiger partial charge in [-0.2, -0.15) is 13.2 Å². The van der Waals surface area contributed by atoms with Gasteiger partial charge in [0.25, 0.3) is 11.8 Å². The zero-order chi connectivity index (χ0) is 24.3. The van der Waals surface area contributed by atoms with E-state index in [4.69, 9.17) is 4.74 Å². The minimum absolute atomic E-state index is 0.104. The van der Waals surface area contributed by atoms with E-state index in [1.165, 1.54) is 12.1 Å². The highest BCUT2D eigenvalue weighted by Gasteiger charge is 2.32. The molecule has 0 saturated carbocycles. The summed E-state index contributed by atoms with van der Waals surface area (Å²) < 4.78 is 44.9. The Morgan fingerprint density at radius 3 is 2.53 bits per heavy atom. The standard InChI is InChI=1S/C26H23F3N2O3/c1-2-22-25(33)31(15-17-7-4-3-5-8-17)16-19-14-21(11-12-23(19)34-22)30-24(32)18-9-6-10-20(13-18)26(27,28)29/h3-14,22H,2,15-16H2,1H3,(H,30,32)/t22-/m0/s1. The monoisotopic (exact) mass is 468 g/mol. The minimum atomic E-state index is -4.54. The van der Waals surface area contributed by atoms with Crippen LogP contribution in [0.1, 0.15) is 40.4 Å². The summed E-state index contributed by atoms with van der Waals surface area (Å²) in [5, 5.41) is 2.64. The molecule has 4 rings (SSSR count). The van der Waals surface area contributed by atoms with Gasteiger partial charge in [-0.1, -0.05) is 43.3 Å². The number of amides is 2. The summed E-state index contributed by atoms with van der Waals surface area (Å²) in [6.07, 6.45) is -4.67. The van der Waals surface area contributed by atoms with E-state index in [0.29, 0.717) is 30.0 Å². The molecule has 3 aromatic rings. The van der Waals surface area contributed by atoms with Crippen molar-refractivity contribution in [3.8, 4) is 5.75 Å². The van der Waals surface area contributed by atoms with Crippen LogP contribution in [0.5, 0.6) is 5.75 Å².